The Bertz CT molecular complexity index is 1160. The van der Waals surface area contributed by atoms with Crippen molar-refractivity contribution in [1.82, 2.24) is 14.7 Å². The van der Waals surface area contributed by atoms with Crippen molar-refractivity contribution in [2.75, 3.05) is 33.4 Å². The fourth-order valence-corrected chi connectivity index (χ4v) is 4.64. The molecule has 194 valence electrons. The highest BCUT2D eigenvalue weighted by atomic mass is 35.5. The number of ether oxygens (including phenoxy) is 3. The number of likely N-dealkylation sites (tertiary alicyclic amines) is 1. The van der Waals surface area contributed by atoms with Gasteiger partial charge in [0.1, 0.15) is 19.0 Å². The van der Waals surface area contributed by atoms with Crippen molar-refractivity contribution in [3.8, 4) is 17.2 Å². The van der Waals surface area contributed by atoms with E-state index in [4.69, 9.17) is 37.4 Å². The Labute approximate surface area is 222 Å². The topological polar surface area (TPSA) is 69.0 Å². The van der Waals surface area contributed by atoms with Gasteiger partial charge in [-0.3, -0.25) is 9.58 Å². The summed E-state index contributed by atoms with van der Waals surface area (Å²) in [5, 5.41) is 16.4. The summed E-state index contributed by atoms with van der Waals surface area (Å²) in [5.41, 5.74) is 1.37. The van der Waals surface area contributed by atoms with Gasteiger partial charge in [-0.25, -0.2) is 0 Å². The van der Waals surface area contributed by atoms with Crippen LogP contribution in [0.5, 0.6) is 17.2 Å². The van der Waals surface area contributed by atoms with Gasteiger partial charge in [0.2, 0.25) is 0 Å². The zero-order valence-corrected chi connectivity index (χ0v) is 22.3. The molecule has 0 saturated carbocycles. The van der Waals surface area contributed by atoms with Crippen molar-refractivity contribution in [3.05, 3.63) is 70.0 Å². The predicted octanol–water partition coefficient (Wildman–Crippen LogP) is 5.38. The molecule has 1 N–H and O–H groups in total. The van der Waals surface area contributed by atoms with E-state index in [0.717, 1.165) is 42.9 Å². The first-order chi connectivity index (χ1) is 17.3. The van der Waals surface area contributed by atoms with E-state index in [9.17, 15) is 5.11 Å². The van der Waals surface area contributed by atoms with Crippen LogP contribution in [0.1, 0.15) is 30.4 Å². The molecule has 36 heavy (non-hydrogen) atoms. The Morgan fingerprint density at radius 3 is 2.64 bits per heavy atom. The number of methoxy groups -OCH3 is 1. The number of hydrogen-bond acceptors (Lipinski definition) is 6. The molecule has 1 atom stereocenters. The molecule has 0 unspecified atom stereocenters. The summed E-state index contributed by atoms with van der Waals surface area (Å²) in [6.45, 7) is 5.82. The summed E-state index contributed by atoms with van der Waals surface area (Å²) in [5.74, 6) is 2.03. The van der Waals surface area contributed by atoms with Crippen LogP contribution in [-0.4, -0.2) is 58.8 Å². The summed E-state index contributed by atoms with van der Waals surface area (Å²) in [6, 6.07) is 11.2. The highest BCUT2D eigenvalue weighted by molar-refractivity contribution is 6.42. The molecule has 0 bridgehead atoms. The van der Waals surface area contributed by atoms with Crippen molar-refractivity contribution in [3.63, 3.8) is 0 Å². The number of nitrogens with zero attached hydrogens (tertiary/aromatic N) is 3. The molecule has 0 aliphatic carbocycles. The highest BCUT2D eigenvalue weighted by Gasteiger charge is 2.31. The van der Waals surface area contributed by atoms with E-state index in [1.165, 1.54) is 0 Å². The van der Waals surface area contributed by atoms with Crippen molar-refractivity contribution in [1.29, 1.82) is 0 Å². The number of halogens is 2. The average molecular weight is 534 g/mol. The normalized spacial score (nSPS) is 18.6. The molecule has 3 aromatic rings. The van der Waals surface area contributed by atoms with Crippen LogP contribution in [0, 0.1) is 6.92 Å². The minimum atomic E-state index is -0.889. The molecule has 4 rings (SSSR count). The maximum atomic E-state index is 11.2. The van der Waals surface area contributed by atoms with E-state index in [2.05, 4.69) is 16.1 Å². The molecule has 1 aliphatic rings. The smallest absolute Gasteiger partial charge is 0.161 e. The van der Waals surface area contributed by atoms with Gasteiger partial charge < -0.3 is 19.3 Å². The van der Waals surface area contributed by atoms with Crippen molar-refractivity contribution < 1.29 is 19.3 Å². The number of aliphatic hydroxyl groups is 1. The van der Waals surface area contributed by atoms with Crippen LogP contribution >= 0.6 is 23.2 Å². The molecule has 7 nitrogen and oxygen atoms in total. The van der Waals surface area contributed by atoms with Crippen molar-refractivity contribution >= 4 is 23.2 Å². The van der Waals surface area contributed by atoms with Crippen LogP contribution in [0.3, 0.4) is 0 Å². The number of aryl methyl sites for hydroxylation is 1. The Balaban J connectivity index is 1.31. The Hall–Kier alpha value is -2.45. The van der Waals surface area contributed by atoms with Gasteiger partial charge >= 0.3 is 0 Å². The third kappa shape index (κ3) is 7.29. The third-order valence-corrected chi connectivity index (χ3v) is 7.12. The molecule has 0 spiro atoms. The van der Waals surface area contributed by atoms with E-state index in [-0.39, 0.29) is 6.61 Å². The van der Waals surface area contributed by atoms with Gasteiger partial charge in [0.05, 0.1) is 35.5 Å². The zero-order chi connectivity index (χ0) is 25.5. The molecule has 2 heterocycles. The minimum Gasteiger partial charge on any atom is -0.493 e. The first-order valence-electron chi connectivity index (χ1n) is 12.1. The molecule has 1 aliphatic heterocycles. The quantitative estimate of drug-likeness (QED) is 0.377. The second kappa shape index (κ2) is 12.2. The lowest BCUT2D eigenvalue weighted by Gasteiger charge is -2.27. The lowest BCUT2D eigenvalue weighted by molar-refractivity contribution is -0.0168. The standard InChI is InChI=1S/C27H33Cl2N3O4/c1-20-16-30-32(17-20)12-13-35-26-14-21(4-7-25(26)34-2)18-31-10-3-8-27(33,9-11-31)19-36-22-5-6-23(28)24(29)15-22/h4-7,14-17,33H,3,8-13,18-19H2,1-2H3/t27-/m0/s1. The Kier molecular flexibility index (Phi) is 9.01. The van der Waals surface area contributed by atoms with E-state index in [1.807, 2.05) is 36.1 Å². The van der Waals surface area contributed by atoms with Crippen LogP contribution in [0.15, 0.2) is 48.8 Å². The van der Waals surface area contributed by atoms with Gasteiger partial charge in [-0.05, 0) is 68.1 Å². The lowest BCUT2D eigenvalue weighted by atomic mass is 9.96. The zero-order valence-electron chi connectivity index (χ0n) is 20.8. The second-order valence-electron chi connectivity index (χ2n) is 9.33. The molecular formula is C27H33Cl2N3O4. The van der Waals surface area contributed by atoms with Gasteiger partial charge in [-0.15, -0.1) is 0 Å². The lowest BCUT2D eigenvalue weighted by Crippen LogP contribution is -2.37. The monoisotopic (exact) mass is 533 g/mol. The SMILES string of the molecule is COc1ccc(CN2CCC[C@@](O)(COc3ccc(Cl)c(Cl)c3)CC2)cc1OCCn1cc(C)cn1. The van der Waals surface area contributed by atoms with E-state index >= 15 is 0 Å². The Morgan fingerprint density at radius 1 is 1.03 bits per heavy atom. The van der Waals surface area contributed by atoms with Gasteiger partial charge in [0, 0.05) is 25.4 Å². The fraction of sp³-hybridized carbons (Fsp3) is 0.444. The van der Waals surface area contributed by atoms with Crippen LogP contribution in [-0.2, 0) is 13.1 Å². The molecule has 9 heteroatoms. The van der Waals surface area contributed by atoms with Crippen LogP contribution in [0.2, 0.25) is 10.0 Å². The summed E-state index contributed by atoms with van der Waals surface area (Å²) in [6.07, 6.45) is 6.01. The summed E-state index contributed by atoms with van der Waals surface area (Å²) in [7, 11) is 1.65. The number of benzene rings is 2. The van der Waals surface area contributed by atoms with Gasteiger partial charge in [-0.1, -0.05) is 29.3 Å². The number of rotatable bonds is 10. The first kappa shape index (κ1) is 26.6. The maximum absolute atomic E-state index is 11.2. The molecule has 1 aromatic heterocycles. The molecule has 1 fully saturated rings. The van der Waals surface area contributed by atoms with Crippen LogP contribution in [0.25, 0.3) is 0 Å². The van der Waals surface area contributed by atoms with Crippen molar-refractivity contribution in [2.24, 2.45) is 0 Å². The first-order valence-corrected chi connectivity index (χ1v) is 12.9. The minimum absolute atomic E-state index is 0.217. The van der Waals surface area contributed by atoms with E-state index in [1.54, 1.807) is 25.3 Å². The van der Waals surface area contributed by atoms with E-state index in [0.29, 0.717) is 47.5 Å². The average Bonchev–Trinajstić information content (AvgIpc) is 3.19. The number of hydrogen-bond donors (Lipinski definition) is 1. The molecule has 1 saturated heterocycles. The second-order valence-corrected chi connectivity index (χ2v) is 10.1. The predicted molar refractivity (Wildman–Crippen MR) is 141 cm³/mol. The number of aromatic nitrogens is 2. The van der Waals surface area contributed by atoms with Gasteiger partial charge in [-0.2, -0.15) is 5.10 Å². The third-order valence-electron chi connectivity index (χ3n) is 6.38. The molecular weight excluding hydrogens is 501 g/mol. The largest absolute Gasteiger partial charge is 0.493 e. The molecule has 0 radical (unpaired) electrons. The van der Waals surface area contributed by atoms with Crippen molar-refractivity contribution in [2.45, 2.75) is 44.9 Å². The van der Waals surface area contributed by atoms with Crippen LogP contribution < -0.4 is 14.2 Å². The van der Waals surface area contributed by atoms with Gasteiger partial charge in [0.15, 0.2) is 11.5 Å². The maximum Gasteiger partial charge on any atom is 0.161 e. The summed E-state index contributed by atoms with van der Waals surface area (Å²) >= 11 is 12.1. The summed E-state index contributed by atoms with van der Waals surface area (Å²) in [4.78, 5) is 2.36. The Morgan fingerprint density at radius 2 is 1.89 bits per heavy atom. The fourth-order valence-electron chi connectivity index (χ4n) is 4.35. The molecule has 0 amide bonds. The molecule has 2 aromatic carbocycles. The summed E-state index contributed by atoms with van der Waals surface area (Å²) < 4.78 is 19.3. The van der Waals surface area contributed by atoms with Gasteiger partial charge in [0.25, 0.3) is 0 Å². The van der Waals surface area contributed by atoms with E-state index < -0.39 is 5.60 Å². The highest BCUT2D eigenvalue weighted by Crippen LogP contribution is 2.31. The van der Waals surface area contributed by atoms with Crippen LogP contribution in [0.4, 0.5) is 0 Å².